The van der Waals surface area contributed by atoms with Gasteiger partial charge in [-0.3, -0.25) is 9.05 Å². The van der Waals surface area contributed by atoms with Gasteiger partial charge in [0.25, 0.3) is 0 Å². The van der Waals surface area contributed by atoms with Crippen molar-refractivity contribution in [3.05, 3.63) is 12.2 Å². The van der Waals surface area contributed by atoms with Crippen molar-refractivity contribution in [1.82, 2.24) is 0 Å². The number of aliphatic hydroxyl groups excluding tert-OH is 1. The van der Waals surface area contributed by atoms with Crippen LogP contribution in [0.15, 0.2) is 12.2 Å². The number of aliphatic hydroxyl groups is 1. The first-order chi connectivity index (χ1) is 15.2. The van der Waals surface area contributed by atoms with Crippen molar-refractivity contribution in [3.8, 4) is 0 Å². The molecule has 2 N–H and O–H groups in total. The molecule has 2 atom stereocenters. The molecule has 0 aliphatic heterocycles. The van der Waals surface area contributed by atoms with E-state index in [0.29, 0.717) is 17.6 Å². The molecule has 0 fully saturated rings. The zero-order chi connectivity index (χ0) is 24.1. The number of hydrogen-bond donors (Lipinski definition) is 2. The first-order valence-corrected chi connectivity index (χ1v) is 14.0. The highest BCUT2D eigenvalue weighted by molar-refractivity contribution is 7.47. The summed E-state index contributed by atoms with van der Waals surface area (Å²) >= 11 is 0. The lowest BCUT2D eigenvalue weighted by atomic mass is 10.1. The highest BCUT2D eigenvalue weighted by Gasteiger charge is 2.24. The van der Waals surface area contributed by atoms with E-state index in [4.69, 9.17) is 13.8 Å². The molecule has 32 heavy (non-hydrogen) atoms. The van der Waals surface area contributed by atoms with Crippen molar-refractivity contribution in [2.24, 2.45) is 0 Å². The number of unbranched alkanes of at least 4 members (excludes halogenated alkanes) is 10. The number of quaternary nitrogens is 1. The Morgan fingerprint density at radius 3 is 1.97 bits per heavy atom. The van der Waals surface area contributed by atoms with E-state index in [9.17, 15) is 14.6 Å². The minimum absolute atomic E-state index is 0.0705. The summed E-state index contributed by atoms with van der Waals surface area (Å²) in [4.78, 5) is 9.62. The number of hydrogen-bond acceptors (Lipinski definition) is 5. The van der Waals surface area contributed by atoms with Gasteiger partial charge in [-0.2, -0.15) is 0 Å². The molecule has 0 bridgehead atoms. The maximum atomic E-state index is 11.8. The van der Waals surface area contributed by atoms with E-state index in [1.165, 1.54) is 57.8 Å². The van der Waals surface area contributed by atoms with E-state index in [1.54, 1.807) is 0 Å². The van der Waals surface area contributed by atoms with E-state index >= 15 is 0 Å². The lowest BCUT2D eigenvalue weighted by Crippen LogP contribution is -2.37. The molecule has 0 aromatic rings. The van der Waals surface area contributed by atoms with Crippen molar-refractivity contribution in [3.63, 3.8) is 0 Å². The van der Waals surface area contributed by atoms with Gasteiger partial charge >= 0.3 is 7.82 Å². The summed E-state index contributed by atoms with van der Waals surface area (Å²) in [5.74, 6) is 0. The second-order valence-corrected chi connectivity index (χ2v) is 11.0. The normalized spacial score (nSPS) is 15.3. The average molecular weight is 481 g/mol. The smallest absolute Gasteiger partial charge is 0.388 e. The molecule has 0 saturated heterocycles. The molecule has 0 rings (SSSR count). The number of phosphoric ester groups is 1. The summed E-state index contributed by atoms with van der Waals surface area (Å²) in [6.45, 7) is 3.25. The predicted octanol–water partition coefficient (Wildman–Crippen LogP) is 5.46. The molecule has 0 aromatic heterocycles. The number of likely N-dealkylation sites (N-methyl/N-ethyl adjacent to an activating group) is 1. The summed E-state index contributed by atoms with van der Waals surface area (Å²) in [6, 6.07) is 0. The number of allylic oxidation sites excluding steroid dienone is 2. The summed E-state index contributed by atoms with van der Waals surface area (Å²) < 4.78 is 27.5. The molecule has 0 heterocycles. The van der Waals surface area contributed by atoms with Gasteiger partial charge in [0.2, 0.25) is 0 Å². The highest BCUT2D eigenvalue weighted by atomic mass is 31.2. The Morgan fingerprint density at radius 2 is 1.38 bits per heavy atom. The fourth-order valence-corrected chi connectivity index (χ4v) is 3.77. The van der Waals surface area contributed by atoms with Gasteiger partial charge in [0.05, 0.1) is 34.4 Å². The molecule has 0 radical (unpaired) electrons. The molecular formula is C24H51NO6P+. The van der Waals surface area contributed by atoms with E-state index in [2.05, 4.69) is 19.1 Å². The van der Waals surface area contributed by atoms with Crippen LogP contribution in [-0.4, -0.2) is 74.7 Å². The molecule has 0 aliphatic carbocycles. The van der Waals surface area contributed by atoms with Crippen molar-refractivity contribution in [2.75, 3.05) is 54.1 Å². The molecular weight excluding hydrogens is 429 g/mol. The topological polar surface area (TPSA) is 85.2 Å². The van der Waals surface area contributed by atoms with Crippen LogP contribution >= 0.6 is 7.82 Å². The number of rotatable bonds is 23. The maximum Gasteiger partial charge on any atom is 0.472 e. The minimum Gasteiger partial charge on any atom is -0.388 e. The highest BCUT2D eigenvalue weighted by Crippen LogP contribution is 2.43. The third-order valence-corrected chi connectivity index (χ3v) is 6.04. The predicted molar refractivity (Wildman–Crippen MR) is 132 cm³/mol. The van der Waals surface area contributed by atoms with Gasteiger partial charge in [0.1, 0.15) is 19.3 Å². The summed E-state index contributed by atoms with van der Waals surface area (Å²) in [6.07, 6.45) is 18.7. The molecule has 0 aromatic carbocycles. The van der Waals surface area contributed by atoms with E-state index in [1.807, 2.05) is 21.1 Å². The van der Waals surface area contributed by atoms with E-state index in [0.717, 1.165) is 19.3 Å². The van der Waals surface area contributed by atoms with Crippen molar-refractivity contribution >= 4 is 7.82 Å². The zero-order valence-corrected chi connectivity index (χ0v) is 22.1. The molecule has 7 nitrogen and oxygen atoms in total. The summed E-state index contributed by atoms with van der Waals surface area (Å²) in [5.41, 5.74) is 0. The fourth-order valence-electron chi connectivity index (χ4n) is 3.03. The Kier molecular flexibility index (Phi) is 20.0. The SMILES string of the molecule is CCCCCCCCCCC/C=C\CCCOC[C@@H](O)COP(=O)(O)OCC[N+](C)(C)C. The Hall–Kier alpha value is -0.270. The summed E-state index contributed by atoms with van der Waals surface area (Å²) in [5, 5.41) is 9.83. The third kappa shape index (κ3) is 24.4. The Balaban J connectivity index is 3.49. The maximum absolute atomic E-state index is 11.8. The first-order valence-electron chi connectivity index (χ1n) is 12.5. The van der Waals surface area contributed by atoms with Crippen LogP contribution in [0.25, 0.3) is 0 Å². The standard InChI is InChI=1S/C24H50NO6P/c1-5-6-7-8-9-10-11-12-13-14-15-16-17-18-20-29-22-24(26)23-31-32(27,28)30-21-19-25(2,3)4/h15-16,24,26H,5-14,17-23H2,1-4H3/p+1/b16-15-/t24-/m1/s1. The quantitative estimate of drug-likeness (QED) is 0.0874. The third-order valence-electron chi connectivity index (χ3n) is 5.06. The summed E-state index contributed by atoms with van der Waals surface area (Å²) in [7, 11) is 1.74. The lowest BCUT2D eigenvalue weighted by molar-refractivity contribution is -0.870. The van der Waals surface area contributed by atoms with Crippen LogP contribution in [0, 0.1) is 0 Å². The molecule has 1 unspecified atom stereocenters. The molecule has 8 heteroatoms. The lowest BCUT2D eigenvalue weighted by Gasteiger charge is -2.24. The van der Waals surface area contributed by atoms with Gasteiger partial charge in [-0.1, -0.05) is 70.4 Å². The van der Waals surface area contributed by atoms with Crippen molar-refractivity contribution in [2.45, 2.75) is 90.1 Å². The van der Waals surface area contributed by atoms with Crippen LogP contribution in [0.5, 0.6) is 0 Å². The van der Waals surface area contributed by atoms with E-state index < -0.39 is 13.9 Å². The van der Waals surface area contributed by atoms with Crippen molar-refractivity contribution in [1.29, 1.82) is 0 Å². The monoisotopic (exact) mass is 480 g/mol. The number of nitrogens with zero attached hydrogens (tertiary/aromatic N) is 1. The number of ether oxygens (including phenoxy) is 1. The van der Waals surface area contributed by atoms with Gasteiger partial charge in [0.15, 0.2) is 0 Å². The van der Waals surface area contributed by atoms with Gasteiger partial charge in [0, 0.05) is 6.61 Å². The van der Waals surface area contributed by atoms with Crippen LogP contribution in [0.1, 0.15) is 84.0 Å². The Morgan fingerprint density at radius 1 is 0.812 bits per heavy atom. The van der Waals surface area contributed by atoms with Gasteiger partial charge in [-0.15, -0.1) is 0 Å². The second kappa shape index (κ2) is 20.1. The largest absolute Gasteiger partial charge is 0.472 e. The van der Waals surface area contributed by atoms with Gasteiger partial charge in [-0.25, -0.2) is 4.57 Å². The minimum atomic E-state index is -4.14. The average Bonchev–Trinajstić information content (AvgIpc) is 2.71. The molecule has 0 saturated carbocycles. The zero-order valence-electron chi connectivity index (χ0n) is 21.2. The van der Waals surface area contributed by atoms with Gasteiger partial charge < -0.3 is 19.2 Å². The molecule has 0 aliphatic rings. The second-order valence-electron chi connectivity index (χ2n) is 9.57. The number of phosphoric acid groups is 1. The van der Waals surface area contributed by atoms with Crippen LogP contribution in [-0.2, 0) is 18.3 Å². The van der Waals surface area contributed by atoms with Crippen LogP contribution < -0.4 is 0 Å². The van der Waals surface area contributed by atoms with Gasteiger partial charge in [-0.05, 0) is 25.7 Å². The molecule has 0 spiro atoms. The molecule has 192 valence electrons. The van der Waals surface area contributed by atoms with Crippen LogP contribution in [0.2, 0.25) is 0 Å². The van der Waals surface area contributed by atoms with E-state index in [-0.39, 0.29) is 19.8 Å². The van der Waals surface area contributed by atoms with Crippen LogP contribution in [0.4, 0.5) is 0 Å². The Labute approximate surface area is 197 Å². The molecule has 0 amide bonds. The fraction of sp³-hybridized carbons (Fsp3) is 0.917. The van der Waals surface area contributed by atoms with Crippen LogP contribution in [0.3, 0.4) is 0 Å². The Bertz CT molecular complexity index is 495. The van der Waals surface area contributed by atoms with Crippen molar-refractivity contribution < 1.29 is 32.8 Å². The first kappa shape index (κ1) is 31.7.